The average molecular weight is 223 g/mol. The van der Waals surface area contributed by atoms with Gasteiger partial charge in [-0.2, -0.15) is 0 Å². The fourth-order valence-corrected chi connectivity index (χ4v) is 1.68. The maximum atomic E-state index is 5.53. The van der Waals surface area contributed by atoms with Crippen LogP contribution >= 0.6 is 0 Å². The second-order valence-electron chi connectivity index (χ2n) is 3.89. The Kier molecular flexibility index (Phi) is 3.69. The van der Waals surface area contributed by atoms with E-state index in [-0.39, 0.29) is 6.10 Å². The molecule has 5 heteroatoms. The molecular formula is C11H17N3O2. The summed E-state index contributed by atoms with van der Waals surface area (Å²) in [5, 5.41) is 3.24. The van der Waals surface area contributed by atoms with E-state index >= 15 is 0 Å². The second-order valence-corrected chi connectivity index (χ2v) is 3.89. The van der Waals surface area contributed by atoms with Crippen LogP contribution in [0, 0.1) is 13.8 Å². The van der Waals surface area contributed by atoms with E-state index in [9.17, 15) is 0 Å². The molecule has 88 valence electrons. The molecule has 0 bridgehead atoms. The molecular weight excluding hydrogens is 206 g/mol. The minimum absolute atomic E-state index is 0.115. The predicted octanol–water partition coefficient (Wildman–Crippen LogP) is 0.921. The highest BCUT2D eigenvalue weighted by molar-refractivity contribution is 5.35. The molecule has 0 aliphatic carbocycles. The first kappa shape index (κ1) is 11.3. The fraction of sp³-hybridized carbons (Fsp3) is 0.636. The molecule has 1 aliphatic rings. The highest BCUT2D eigenvalue weighted by atomic mass is 16.6. The first-order valence-electron chi connectivity index (χ1n) is 5.49. The minimum Gasteiger partial charge on any atom is -0.376 e. The van der Waals surface area contributed by atoms with Crippen molar-refractivity contribution < 1.29 is 9.47 Å². The largest absolute Gasteiger partial charge is 0.376 e. The maximum absolute atomic E-state index is 5.53. The van der Waals surface area contributed by atoms with Gasteiger partial charge in [0.25, 0.3) is 0 Å². The highest BCUT2D eigenvalue weighted by Crippen LogP contribution is 2.07. The molecule has 1 aromatic rings. The SMILES string of the molecule is Cc1cc(NCC2COCCO2)nc(C)n1. The molecule has 2 rings (SSSR count). The van der Waals surface area contributed by atoms with E-state index in [4.69, 9.17) is 9.47 Å². The summed E-state index contributed by atoms with van der Waals surface area (Å²) in [5.41, 5.74) is 0.968. The van der Waals surface area contributed by atoms with Gasteiger partial charge in [0, 0.05) is 18.3 Å². The van der Waals surface area contributed by atoms with Crippen LogP contribution in [-0.2, 0) is 9.47 Å². The standard InChI is InChI=1S/C11H17N3O2/c1-8-5-11(14-9(2)13-8)12-6-10-7-15-3-4-16-10/h5,10H,3-4,6-7H2,1-2H3,(H,12,13,14). The van der Waals surface area contributed by atoms with Crippen LogP contribution < -0.4 is 5.32 Å². The van der Waals surface area contributed by atoms with E-state index in [1.165, 1.54) is 0 Å². The van der Waals surface area contributed by atoms with Crippen LogP contribution in [0.15, 0.2) is 6.07 Å². The van der Waals surface area contributed by atoms with Gasteiger partial charge in [-0.25, -0.2) is 9.97 Å². The second kappa shape index (κ2) is 5.23. The van der Waals surface area contributed by atoms with Crippen molar-refractivity contribution >= 4 is 5.82 Å². The lowest BCUT2D eigenvalue weighted by Gasteiger charge is -2.23. The number of aryl methyl sites for hydroxylation is 2. The van der Waals surface area contributed by atoms with Gasteiger partial charge in [0.15, 0.2) is 0 Å². The van der Waals surface area contributed by atoms with E-state index in [1.807, 2.05) is 19.9 Å². The Morgan fingerprint density at radius 2 is 2.25 bits per heavy atom. The molecule has 1 aromatic heterocycles. The number of ether oxygens (including phenoxy) is 2. The van der Waals surface area contributed by atoms with Gasteiger partial charge in [-0.1, -0.05) is 0 Å². The topological polar surface area (TPSA) is 56.3 Å². The Bertz CT molecular complexity index is 331. The fourth-order valence-electron chi connectivity index (χ4n) is 1.68. The lowest BCUT2D eigenvalue weighted by molar-refractivity contribution is -0.0819. The maximum Gasteiger partial charge on any atom is 0.130 e. The molecule has 0 aromatic carbocycles. The molecule has 1 atom stereocenters. The van der Waals surface area contributed by atoms with Crippen LogP contribution in [0.25, 0.3) is 0 Å². The van der Waals surface area contributed by atoms with Crippen molar-refractivity contribution in [3.05, 3.63) is 17.6 Å². The van der Waals surface area contributed by atoms with Crippen LogP contribution in [0.2, 0.25) is 0 Å². The Hall–Kier alpha value is -1.20. The molecule has 1 fully saturated rings. The third-order valence-corrected chi connectivity index (χ3v) is 2.36. The summed E-state index contributed by atoms with van der Waals surface area (Å²) >= 11 is 0. The first-order chi connectivity index (χ1) is 7.74. The van der Waals surface area contributed by atoms with E-state index in [0.717, 1.165) is 23.9 Å². The van der Waals surface area contributed by atoms with E-state index < -0.39 is 0 Å². The molecule has 0 amide bonds. The quantitative estimate of drug-likeness (QED) is 0.825. The lowest BCUT2D eigenvalue weighted by Crippen LogP contribution is -2.34. The molecule has 0 radical (unpaired) electrons. The van der Waals surface area contributed by atoms with Crippen molar-refractivity contribution in [2.75, 3.05) is 31.7 Å². The minimum atomic E-state index is 0.115. The summed E-state index contributed by atoms with van der Waals surface area (Å²) in [4.78, 5) is 8.52. The number of rotatable bonds is 3. The van der Waals surface area contributed by atoms with Gasteiger partial charge in [0.1, 0.15) is 11.6 Å². The van der Waals surface area contributed by atoms with Crippen molar-refractivity contribution in [2.24, 2.45) is 0 Å². The highest BCUT2D eigenvalue weighted by Gasteiger charge is 2.13. The van der Waals surface area contributed by atoms with E-state index in [1.54, 1.807) is 0 Å². The van der Waals surface area contributed by atoms with Crippen molar-refractivity contribution in [1.82, 2.24) is 9.97 Å². The Morgan fingerprint density at radius 3 is 2.94 bits per heavy atom. The molecule has 0 spiro atoms. The summed E-state index contributed by atoms with van der Waals surface area (Å²) in [6, 6.07) is 1.93. The van der Waals surface area contributed by atoms with Crippen LogP contribution in [0.4, 0.5) is 5.82 Å². The lowest BCUT2D eigenvalue weighted by atomic mass is 10.3. The number of anilines is 1. The third kappa shape index (κ3) is 3.15. The van der Waals surface area contributed by atoms with Crippen molar-refractivity contribution in [1.29, 1.82) is 0 Å². The molecule has 1 unspecified atom stereocenters. The smallest absolute Gasteiger partial charge is 0.130 e. The van der Waals surface area contributed by atoms with Crippen molar-refractivity contribution in [3.63, 3.8) is 0 Å². The zero-order valence-corrected chi connectivity index (χ0v) is 9.69. The number of nitrogens with one attached hydrogen (secondary N) is 1. The summed E-state index contributed by atoms with van der Waals surface area (Å²) < 4.78 is 10.8. The average Bonchev–Trinajstić information content (AvgIpc) is 2.27. The van der Waals surface area contributed by atoms with Gasteiger partial charge >= 0.3 is 0 Å². The zero-order valence-electron chi connectivity index (χ0n) is 9.69. The normalized spacial score (nSPS) is 20.8. The Morgan fingerprint density at radius 1 is 1.38 bits per heavy atom. The number of hydrogen-bond donors (Lipinski definition) is 1. The Labute approximate surface area is 95.2 Å². The number of nitrogens with zero attached hydrogens (tertiary/aromatic N) is 2. The molecule has 1 aliphatic heterocycles. The molecule has 2 heterocycles. The van der Waals surface area contributed by atoms with E-state index in [0.29, 0.717) is 19.8 Å². The molecule has 16 heavy (non-hydrogen) atoms. The third-order valence-electron chi connectivity index (χ3n) is 2.36. The Balaban J connectivity index is 1.88. The van der Waals surface area contributed by atoms with E-state index in [2.05, 4.69) is 15.3 Å². The van der Waals surface area contributed by atoms with Gasteiger partial charge in [0.2, 0.25) is 0 Å². The van der Waals surface area contributed by atoms with Crippen LogP contribution in [0.3, 0.4) is 0 Å². The molecule has 5 nitrogen and oxygen atoms in total. The van der Waals surface area contributed by atoms with Gasteiger partial charge in [0.05, 0.1) is 25.9 Å². The van der Waals surface area contributed by atoms with Gasteiger partial charge < -0.3 is 14.8 Å². The number of aromatic nitrogens is 2. The van der Waals surface area contributed by atoms with Crippen LogP contribution in [0.1, 0.15) is 11.5 Å². The monoisotopic (exact) mass is 223 g/mol. The molecule has 1 saturated heterocycles. The van der Waals surface area contributed by atoms with Crippen LogP contribution in [0.5, 0.6) is 0 Å². The summed E-state index contributed by atoms with van der Waals surface area (Å²) in [7, 11) is 0. The van der Waals surface area contributed by atoms with Crippen molar-refractivity contribution in [2.45, 2.75) is 20.0 Å². The van der Waals surface area contributed by atoms with Gasteiger partial charge in [-0.3, -0.25) is 0 Å². The van der Waals surface area contributed by atoms with Gasteiger partial charge in [-0.15, -0.1) is 0 Å². The van der Waals surface area contributed by atoms with Crippen molar-refractivity contribution in [3.8, 4) is 0 Å². The summed E-state index contributed by atoms with van der Waals surface area (Å²) in [6.07, 6.45) is 0.115. The first-order valence-corrected chi connectivity index (χ1v) is 5.49. The predicted molar refractivity (Wildman–Crippen MR) is 60.6 cm³/mol. The molecule has 1 N–H and O–H groups in total. The zero-order chi connectivity index (χ0) is 11.4. The summed E-state index contributed by atoms with van der Waals surface area (Å²) in [6.45, 7) is 6.58. The molecule has 0 saturated carbocycles. The van der Waals surface area contributed by atoms with Gasteiger partial charge in [-0.05, 0) is 13.8 Å². The number of hydrogen-bond acceptors (Lipinski definition) is 5. The van der Waals surface area contributed by atoms with Crippen LogP contribution in [-0.4, -0.2) is 42.4 Å². The summed E-state index contributed by atoms with van der Waals surface area (Å²) in [5.74, 6) is 1.63.